The highest BCUT2D eigenvalue weighted by molar-refractivity contribution is 7.91. The molecule has 0 amide bonds. The van der Waals surface area contributed by atoms with E-state index in [0.717, 1.165) is 32.1 Å². The summed E-state index contributed by atoms with van der Waals surface area (Å²) in [5.41, 5.74) is 0. The molecule has 0 fully saturated rings. The molecule has 0 aliphatic carbocycles. The van der Waals surface area contributed by atoms with Gasteiger partial charge in [0.1, 0.15) is 23.0 Å². The van der Waals surface area contributed by atoms with Crippen LogP contribution >= 0.6 is 0 Å². The number of aromatic hydroxyl groups is 1. The summed E-state index contributed by atoms with van der Waals surface area (Å²) < 4.78 is 68.5. The molecular formula is C33H36O8S2. The van der Waals surface area contributed by atoms with Crippen molar-refractivity contribution in [3.8, 4) is 23.0 Å². The van der Waals surface area contributed by atoms with Gasteiger partial charge < -0.3 is 19.3 Å². The van der Waals surface area contributed by atoms with Gasteiger partial charge in [0, 0.05) is 0 Å². The van der Waals surface area contributed by atoms with Crippen molar-refractivity contribution in [3.05, 3.63) is 97.1 Å². The van der Waals surface area contributed by atoms with Gasteiger partial charge in [-0.05, 0) is 123 Å². The minimum Gasteiger partial charge on any atom is -0.508 e. The highest BCUT2D eigenvalue weighted by atomic mass is 32.2. The highest BCUT2D eigenvalue weighted by Gasteiger charge is 2.19. The molecule has 8 nitrogen and oxygen atoms in total. The van der Waals surface area contributed by atoms with Crippen molar-refractivity contribution in [3.63, 3.8) is 0 Å². The van der Waals surface area contributed by atoms with E-state index in [-0.39, 0.29) is 25.3 Å². The third kappa shape index (κ3) is 8.75. The SMILES string of the molecule is CCCCOc1ccc(S(=O)(=O)c2ccc(OCCCCCOc3ccc(S(=O)(=O)c4ccc(O)cc4)cc3)cc2)cc1. The summed E-state index contributed by atoms with van der Waals surface area (Å²) in [6, 6.07) is 24.5. The number of ether oxygens (including phenoxy) is 3. The average Bonchev–Trinajstić information content (AvgIpc) is 3.02. The van der Waals surface area contributed by atoms with Crippen molar-refractivity contribution in [1.82, 2.24) is 0 Å². The zero-order chi connectivity index (χ0) is 30.7. The first-order valence-electron chi connectivity index (χ1n) is 14.2. The summed E-state index contributed by atoms with van der Waals surface area (Å²) in [7, 11) is -7.32. The Bertz CT molecular complexity index is 1650. The van der Waals surface area contributed by atoms with Gasteiger partial charge in [0.25, 0.3) is 0 Å². The maximum absolute atomic E-state index is 13.0. The average molecular weight is 625 g/mol. The molecule has 0 radical (unpaired) electrons. The van der Waals surface area contributed by atoms with Gasteiger partial charge >= 0.3 is 0 Å². The number of phenols is 1. The first kappa shape index (κ1) is 31.9. The molecule has 1 N–H and O–H groups in total. The number of phenolic OH excluding ortho intramolecular Hbond substituents is 1. The molecule has 0 aliphatic rings. The Labute approximate surface area is 253 Å². The molecule has 0 atom stereocenters. The van der Waals surface area contributed by atoms with Gasteiger partial charge in [0.05, 0.1) is 39.4 Å². The summed E-state index contributed by atoms with van der Waals surface area (Å²) in [5.74, 6) is 1.82. The van der Waals surface area contributed by atoms with E-state index in [2.05, 4.69) is 6.92 Å². The zero-order valence-corrected chi connectivity index (χ0v) is 25.6. The highest BCUT2D eigenvalue weighted by Crippen LogP contribution is 2.26. The summed E-state index contributed by atoms with van der Waals surface area (Å²) in [6.45, 7) is 3.64. The second kappa shape index (κ2) is 14.9. The molecule has 0 saturated carbocycles. The van der Waals surface area contributed by atoms with Crippen LogP contribution in [0.3, 0.4) is 0 Å². The number of rotatable bonds is 16. The molecule has 43 heavy (non-hydrogen) atoms. The fourth-order valence-corrected chi connectivity index (χ4v) is 6.66. The van der Waals surface area contributed by atoms with E-state index in [9.17, 15) is 21.9 Å². The lowest BCUT2D eigenvalue weighted by Gasteiger charge is -2.10. The van der Waals surface area contributed by atoms with Crippen molar-refractivity contribution in [2.24, 2.45) is 0 Å². The molecule has 0 aliphatic heterocycles. The van der Waals surface area contributed by atoms with Crippen molar-refractivity contribution in [2.45, 2.75) is 58.6 Å². The molecule has 0 heterocycles. The fourth-order valence-electron chi connectivity index (χ4n) is 4.14. The maximum Gasteiger partial charge on any atom is 0.206 e. The lowest BCUT2D eigenvalue weighted by atomic mass is 10.2. The number of hydrogen-bond donors (Lipinski definition) is 1. The fraction of sp³-hybridized carbons (Fsp3) is 0.273. The number of benzene rings is 4. The van der Waals surface area contributed by atoms with E-state index >= 15 is 0 Å². The van der Waals surface area contributed by atoms with Crippen LogP contribution in [0.2, 0.25) is 0 Å². The molecule has 0 unspecified atom stereocenters. The third-order valence-corrected chi connectivity index (χ3v) is 10.2. The largest absolute Gasteiger partial charge is 0.508 e. The predicted molar refractivity (Wildman–Crippen MR) is 164 cm³/mol. The molecule has 0 spiro atoms. The Hall–Kier alpha value is -4.02. The molecule has 228 valence electrons. The van der Waals surface area contributed by atoms with Gasteiger partial charge in [-0.25, -0.2) is 16.8 Å². The second-order valence-electron chi connectivity index (χ2n) is 9.87. The van der Waals surface area contributed by atoms with E-state index < -0.39 is 19.7 Å². The Morgan fingerprint density at radius 3 is 1.09 bits per heavy atom. The van der Waals surface area contributed by atoms with Crippen molar-refractivity contribution in [1.29, 1.82) is 0 Å². The van der Waals surface area contributed by atoms with E-state index in [4.69, 9.17) is 14.2 Å². The van der Waals surface area contributed by atoms with E-state index in [1.165, 1.54) is 36.4 Å². The summed E-state index contributed by atoms with van der Waals surface area (Å²) in [4.78, 5) is 0.663. The Balaban J connectivity index is 1.16. The summed E-state index contributed by atoms with van der Waals surface area (Å²) in [6.07, 6.45) is 4.41. The van der Waals surface area contributed by atoms with Crippen LogP contribution in [0.4, 0.5) is 0 Å². The van der Waals surface area contributed by atoms with Crippen LogP contribution in [-0.4, -0.2) is 41.8 Å². The number of sulfone groups is 2. The van der Waals surface area contributed by atoms with Gasteiger partial charge in [-0.15, -0.1) is 0 Å². The normalized spacial score (nSPS) is 11.7. The smallest absolute Gasteiger partial charge is 0.206 e. The molecular weight excluding hydrogens is 588 g/mol. The Morgan fingerprint density at radius 1 is 0.465 bits per heavy atom. The molecule has 4 aromatic rings. The van der Waals surface area contributed by atoms with Gasteiger partial charge in [0.15, 0.2) is 0 Å². The topological polar surface area (TPSA) is 116 Å². The van der Waals surface area contributed by atoms with Crippen molar-refractivity contribution >= 4 is 19.7 Å². The van der Waals surface area contributed by atoms with Gasteiger partial charge in [-0.3, -0.25) is 0 Å². The molecule has 4 rings (SSSR count). The first-order chi connectivity index (χ1) is 20.7. The van der Waals surface area contributed by atoms with Crippen LogP contribution in [0.1, 0.15) is 39.0 Å². The molecule has 10 heteroatoms. The van der Waals surface area contributed by atoms with Gasteiger partial charge in [-0.2, -0.15) is 0 Å². The van der Waals surface area contributed by atoms with Crippen LogP contribution in [0.5, 0.6) is 23.0 Å². The summed E-state index contributed by atoms with van der Waals surface area (Å²) >= 11 is 0. The van der Waals surface area contributed by atoms with E-state index in [1.54, 1.807) is 60.7 Å². The summed E-state index contributed by atoms with van der Waals surface area (Å²) in [5, 5.41) is 9.39. The standard InChI is InChI=1S/C33H36O8S2/c1-2-3-23-39-27-9-17-32(18-10-27)43(37,38)33-21-13-29(14-22-33)41-25-6-4-5-24-40-28-11-19-31(20-12-28)42(35,36)30-15-7-26(34)8-16-30/h7-22,34H,2-6,23-25H2,1H3. The van der Waals surface area contributed by atoms with Crippen molar-refractivity contribution in [2.75, 3.05) is 19.8 Å². The Kier molecular flexibility index (Phi) is 11.1. The first-order valence-corrected chi connectivity index (χ1v) is 17.1. The number of hydrogen-bond acceptors (Lipinski definition) is 8. The molecule has 0 bridgehead atoms. The maximum atomic E-state index is 13.0. The zero-order valence-electron chi connectivity index (χ0n) is 24.0. The molecule has 0 aromatic heterocycles. The second-order valence-corrected chi connectivity index (χ2v) is 13.8. The molecule has 4 aromatic carbocycles. The van der Waals surface area contributed by atoms with Gasteiger partial charge in [-0.1, -0.05) is 13.3 Å². The van der Waals surface area contributed by atoms with Crippen LogP contribution < -0.4 is 14.2 Å². The number of unbranched alkanes of at least 4 members (excludes halogenated alkanes) is 3. The monoisotopic (exact) mass is 624 g/mol. The van der Waals surface area contributed by atoms with E-state index in [0.29, 0.717) is 37.1 Å². The van der Waals surface area contributed by atoms with E-state index in [1.807, 2.05) is 0 Å². The van der Waals surface area contributed by atoms with Crippen molar-refractivity contribution < 1.29 is 36.2 Å². The lowest BCUT2D eigenvalue weighted by molar-refractivity contribution is 0.279. The van der Waals surface area contributed by atoms with Crippen LogP contribution in [-0.2, 0) is 19.7 Å². The minimum atomic E-state index is -3.67. The third-order valence-electron chi connectivity index (χ3n) is 6.64. The molecule has 0 saturated heterocycles. The Morgan fingerprint density at radius 2 is 0.767 bits per heavy atom. The quantitative estimate of drug-likeness (QED) is 0.134. The predicted octanol–water partition coefficient (Wildman–Crippen LogP) is 6.86. The van der Waals surface area contributed by atoms with Crippen LogP contribution in [0.25, 0.3) is 0 Å². The lowest BCUT2D eigenvalue weighted by Crippen LogP contribution is -2.04. The van der Waals surface area contributed by atoms with Crippen LogP contribution in [0, 0.1) is 0 Å². The van der Waals surface area contributed by atoms with Crippen LogP contribution in [0.15, 0.2) is 117 Å². The van der Waals surface area contributed by atoms with Gasteiger partial charge in [0.2, 0.25) is 19.7 Å². The minimum absolute atomic E-state index is 0.00279.